The first kappa shape index (κ1) is 37.6. The van der Waals surface area contributed by atoms with Crippen LogP contribution in [0.1, 0.15) is 74.5 Å². The summed E-state index contributed by atoms with van der Waals surface area (Å²) >= 11 is 0. The van der Waals surface area contributed by atoms with Crippen LogP contribution in [0.4, 0.5) is 17.1 Å². The van der Waals surface area contributed by atoms with Crippen molar-refractivity contribution in [1.29, 1.82) is 0 Å². The van der Waals surface area contributed by atoms with E-state index in [1.165, 1.54) is 28.7 Å². The molecule has 0 radical (unpaired) electrons. The summed E-state index contributed by atoms with van der Waals surface area (Å²) in [6.45, 7) is 4.01. The molecule has 3 aliphatic rings. The zero-order valence-corrected chi connectivity index (χ0v) is 31.8. The first-order chi connectivity index (χ1) is 27.2. The van der Waals surface area contributed by atoms with Crippen LogP contribution in [-0.4, -0.2) is 38.7 Å². The molecule has 0 spiro atoms. The van der Waals surface area contributed by atoms with Crippen molar-refractivity contribution in [2.75, 3.05) is 24.7 Å². The molecule has 3 fully saturated rings. The molecule has 3 heterocycles. The van der Waals surface area contributed by atoms with E-state index in [4.69, 9.17) is 28.4 Å². The van der Waals surface area contributed by atoms with E-state index in [9.17, 15) is 0 Å². The summed E-state index contributed by atoms with van der Waals surface area (Å²) in [6, 6.07) is 43.6. The minimum absolute atomic E-state index is 0.0735. The van der Waals surface area contributed by atoms with Gasteiger partial charge in [-0.3, -0.25) is 0 Å². The van der Waals surface area contributed by atoms with E-state index in [-0.39, 0.29) is 18.9 Å². The molecule has 5 aromatic rings. The molecule has 3 saturated heterocycles. The highest BCUT2D eigenvalue weighted by Gasteiger charge is 2.18. The second-order valence-corrected chi connectivity index (χ2v) is 14.8. The number of ether oxygens (including phenoxy) is 6. The topological polar surface area (TPSA) is 58.6 Å². The van der Waals surface area contributed by atoms with Crippen molar-refractivity contribution in [1.82, 2.24) is 0 Å². The summed E-state index contributed by atoms with van der Waals surface area (Å²) in [6.07, 6.45) is 9.46. The predicted molar refractivity (Wildman–Crippen MR) is 217 cm³/mol. The molecular weight excluding hydrogens is 687 g/mol. The van der Waals surface area contributed by atoms with Crippen molar-refractivity contribution in [3.8, 4) is 22.3 Å². The lowest BCUT2D eigenvalue weighted by molar-refractivity contribution is -0.169. The lowest BCUT2D eigenvalue weighted by Crippen LogP contribution is -2.22. The van der Waals surface area contributed by atoms with Crippen molar-refractivity contribution >= 4 is 17.1 Å². The average Bonchev–Trinajstić information content (AvgIpc) is 3.27. The van der Waals surface area contributed by atoms with Crippen molar-refractivity contribution in [2.24, 2.45) is 0 Å². The largest absolute Gasteiger partial charge is 0.353 e. The van der Waals surface area contributed by atoms with Crippen molar-refractivity contribution in [3.63, 3.8) is 0 Å². The molecular formula is C48H53NO6. The van der Waals surface area contributed by atoms with Gasteiger partial charge in [-0.1, -0.05) is 84.9 Å². The van der Waals surface area contributed by atoms with Crippen molar-refractivity contribution < 1.29 is 28.4 Å². The smallest absolute Gasteiger partial charge is 0.158 e. The van der Waals surface area contributed by atoms with Crippen LogP contribution in [0.15, 0.2) is 121 Å². The van der Waals surface area contributed by atoms with Gasteiger partial charge in [-0.25, -0.2) is 0 Å². The van der Waals surface area contributed by atoms with E-state index in [2.05, 4.69) is 126 Å². The quantitative estimate of drug-likeness (QED) is 0.112. The highest BCUT2D eigenvalue weighted by Crippen LogP contribution is 2.36. The molecule has 0 aromatic heterocycles. The van der Waals surface area contributed by atoms with Gasteiger partial charge in [0.15, 0.2) is 18.9 Å². The molecule has 3 aliphatic heterocycles. The molecule has 0 aliphatic carbocycles. The second kappa shape index (κ2) is 19.0. The van der Waals surface area contributed by atoms with Crippen molar-refractivity contribution in [2.45, 2.75) is 96.5 Å². The number of nitrogens with zero attached hydrogens (tertiary/aromatic N) is 1. The Bertz CT molecular complexity index is 1810. The van der Waals surface area contributed by atoms with Gasteiger partial charge in [-0.2, -0.15) is 0 Å². The van der Waals surface area contributed by atoms with E-state index < -0.39 is 0 Å². The molecule has 3 atom stereocenters. The molecule has 0 bridgehead atoms. The van der Waals surface area contributed by atoms with Crippen LogP contribution in [0, 0.1) is 0 Å². The van der Waals surface area contributed by atoms with Crippen molar-refractivity contribution in [3.05, 3.63) is 138 Å². The highest BCUT2D eigenvalue weighted by molar-refractivity contribution is 5.79. The Labute approximate surface area is 326 Å². The van der Waals surface area contributed by atoms with E-state index in [1.807, 2.05) is 0 Å². The summed E-state index contributed by atoms with van der Waals surface area (Å²) in [5.74, 6) is 0. The molecule has 0 N–H and O–H groups in total. The number of benzene rings is 5. The van der Waals surface area contributed by atoms with E-state index in [0.717, 1.165) is 105 Å². The molecule has 286 valence electrons. The second-order valence-electron chi connectivity index (χ2n) is 14.8. The molecule has 5 aromatic carbocycles. The van der Waals surface area contributed by atoms with Crippen LogP contribution < -0.4 is 4.90 Å². The number of hydrogen-bond acceptors (Lipinski definition) is 7. The molecule has 7 nitrogen and oxygen atoms in total. The fraction of sp³-hybridized carbons (Fsp3) is 0.375. The Morgan fingerprint density at radius 3 is 0.945 bits per heavy atom. The number of rotatable bonds is 14. The van der Waals surface area contributed by atoms with Gasteiger partial charge in [0.05, 0.1) is 19.8 Å². The van der Waals surface area contributed by atoms with E-state index in [0.29, 0.717) is 19.8 Å². The molecule has 55 heavy (non-hydrogen) atoms. The van der Waals surface area contributed by atoms with Gasteiger partial charge < -0.3 is 33.3 Å². The first-order valence-corrected chi connectivity index (χ1v) is 20.2. The molecule has 0 saturated carbocycles. The molecule has 8 rings (SSSR count). The van der Waals surface area contributed by atoms with Gasteiger partial charge in [0.1, 0.15) is 0 Å². The van der Waals surface area contributed by atoms with E-state index >= 15 is 0 Å². The summed E-state index contributed by atoms with van der Waals surface area (Å²) in [7, 11) is 0. The Hall–Kier alpha value is -4.34. The molecule has 0 amide bonds. The normalized spacial score (nSPS) is 20.3. The maximum absolute atomic E-state index is 6.07. The lowest BCUT2D eigenvalue weighted by Gasteiger charge is -2.27. The van der Waals surface area contributed by atoms with Crippen LogP contribution >= 0.6 is 0 Å². The third-order valence-electron chi connectivity index (χ3n) is 10.7. The Morgan fingerprint density at radius 2 is 0.636 bits per heavy atom. The Kier molecular flexibility index (Phi) is 13.0. The fourth-order valence-electron chi connectivity index (χ4n) is 7.48. The summed E-state index contributed by atoms with van der Waals surface area (Å²) in [5, 5.41) is 0. The SMILES string of the molecule is c1cc(-c2ccc(-c3ccc(N(c4ccc(COC5CCCCO5)cc4)c4ccc(COC5CCCCO5)cc4)cc3)cc2)ccc1COC1CCCCO1. The summed E-state index contributed by atoms with van der Waals surface area (Å²) in [4.78, 5) is 2.30. The Balaban J connectivity index is 0.955. The highest BCUT2D eigenvalue weighted by atomic mass is 16.7. The van der Waals surface area contributed by atoms with Gasteiger partial charge in [0.25, 0.3) is 0 Å². The standard InChI is InChI=1S/C48H53NO6/c1-4-30-50-46(7-1)53-33-36-10-16-39(17-11-36)40-18-20-41(21-19-40)42-22-28-45(29-23-42)49(43-24-12-37(13-25-43)34-54-47-8-2-5-31-51-47)44-26-14-38(15-27-44)35-55-48-9-3-6-32-52-48/h10-29,46-48H,1-9,30-35H2. The monoisotopic (exact) mass is 739 g/mol. The lowest BCUT2D eigenvalue weighted by atomic mass is 9.99. The van der Waals surface area contributed by atoms with Gasteiger partial charge in [-0.05, 0) is 133 Å². The third-order valence-corrected chi connectivity index (χ3v) is 10.7. The third kappa shape index (κ3) is 10.3. The summed E-state index contributed by atoms with van der Waals surface area (Å²) in [5.41, 5.74) is 11.4. The van der Waals surface area contributed by atoms with Crippen LogP contribution in [0.25, 0.3) is 22.3 Å². The van der Waals surface area contributed by atoms with E-state index in [1.54, 1.807) is 0 Å². The van der Waals surface area contributed by atoms with Gasteiger partial charge in [-0.15, -0.1) is 0 Å². The van der Waals surface area contributed by atoms with Crippen LogP contribution in [0.3, 0.4) is 0 Å². The predicted octanol–water partition coefficient (Wildman–Crippen LogP) is 11.6. The Morgan fingerprint density at radius 1 is 0.364 bits per heavy atom. The van der Waals surface area contributed by atoms with Gasteiger partial charge in [0.2, 0.25) is 0 Å². The van der Waals surface area contributed by atoms with Crippen LogP contribution in [0.2, 0.25) is 0 Å². The van der Waals surface area contributed by atoms with Gasteiger partial charge >= 0.3 is 0 Å². The molecule has 7 heteroatoms. The fourth-order valence-corrected chi connectivity index (χ4v) is 7.48. The average molecular weight is 740 g/mol. The zero-order valence-electron chi connectivity index (χ0n) is 31.8. The first-order valence-electron chi connectivity index (χ1n) is 20.2. The number of anilines is 3. The van der Waals surface area contributed by atoms with Crippen LogP contribution in [0.5, 0.6) is 0 Å². The summed E-state index contributed by atoms with van der Waals surface area (Å²) < 4.78 is 35.4. The minimum atomic E-state index is -0.106. The number of hydrogen-bond donors (Lipinski definition) is 0. The van der Waals surface area contributed by atoms with Crippen LogP contribution in [-0.2, 0) is 48.2 Å². The van der Waals surface area contributed by atoms with Gasteiger partial charge in [0, 0.05) is 36.9 Å². The minimum Gasteiger partial charge on any atom is -0.353 e. The zero-order chi connectivity index (χ0) is 37.1. The maximum atomic E-state index is 6.07. The molecule has 3 unspecified atom stereocenters. The maximum Gasteiger partial charge on any atom is 0.158 e.